The second kappa shape index (κ2) is 8.78. The van der Waals surface area contributed by atoms with E-state index in [1.165, 1.54) is 0 Å². The van der Waals surface area contributed by atoms with Gasteiger partial charge in [0, 0.05) is 60.8 Å². The minimum absolute atomic E-state index is 0.0561. The van der Waals surface area contributed by atoms with E-state index >= 15 is 0 Å². The molecule has 1 aromatic heterocycles. The van der Waals surface area contributed by atoms with Crippen LogP contribution in [0.15, 0.2) is 30.3 Å². The number of halogens is 2. The normalized spacial score (nSPS) is 17.0. The number of fused-ring (bicyclic) bond motifs is 1. The average molecular weight is 469 g/mol. The van der Waals surface area contributed by atoms with Crippen LogP contribution in [0.1, 0.15) is 39.7 Å². The number of nitriles is 1. The van der Waals surface area contributed by atoms with Crippen LogP contribution in [0.4, 0.5) is 0 Å². The molecular formula is C25H26Cl2N4O. The molecule has 0 spiro atoms. The Morgan fingerprint density at radius 1 is 1.19 bits per heavy atom. The second-order valence-electron chi connectivity index (χ2n) is 8.68. The molecule has 5 nitrogen and oxygen atoms in total. The fourth-order valence-electron chi connectivity index (χ4n) is 4.41. The molecule has 7 heteroatoms. The van der Waals surface area contributed by atoms with Crippen molar-refractivity contribution in [3.05, 3.63) is 68.3 Å². The van der Waals surface area contributed by atoms with E-state index in [-0.39, 0.29) is 5.91 Å². The summed E-state index contributed by atoms with van der Waals surface area (Å²) in [6.07, 6.45) is 0.491. The smallest absolute Gasteiger partial charge is 0.255 e. The average Bonchev–Trinajstić information content (AvgIpc) is 3.08. The number of amides is 1. The third-order valence-corrected chi connectivity index (χ3v) is 7.40. The van der Waals surface area contributed by atoms with Crippen LogP contribution in [0.5, 0.6) is 0 Å². The summed E-state index contributed by atoms with van der Waals surface area (Å²) in [6.45, 7) is 6.31. The van der Waals surface area contributed by atoms with E-state index in [1.807, 2.05) is 31.0 Å². The molecule has 1 saturated heterocycles. The number of benzene rings is 2. The molecule has 0 aliphatic carbocycles. The van der Waals surface area contributed by atoms with Crippen LogP contribution in [-0.2, 0) is 13.5 Å². The van der Waals surface area contributed by atoms with Crippen molar-refractivity contribution in [2.45, 2.75) is 26.3 Å². The van der Waals surface area contributed by atoms with Crippen molar-refractivity contribution in [3.63, 3.8) is 0 Å². The maximum atomic E-state index is 13.3. The van der Waals surface area contributed by atoms with Crippen LogP contribution in [0.3, 0.4) is 0 Å². The first-order chi connectivity index (χ1) is 15.2. The first-order valence-electron chi connectivity index (χ1n) is 10.7. The summed E-state index contributed by atoms with van der Waals surface area (Å²) >= 11 is 13.3. The van der Waals surface area contributed by atoms with Crippen molar-refractivity contribution in [2.75, 3.05) is 26.7 Å². The molecule has 4 rings (SSSR count). The molecule has 1 fully saturated rings. The summed E-state index contributed by atoms with van der Waals surface area (Å²) in [7, 11) is 4.05. The Balaban J connectivity index is 1.70. The van der Waals surface area contributed by atoms with Gasteiger partial charge in [0.1, 0.15) is 0 Å². The molecule has 0 radical (unpaired) electrons. The SMILES string of the molecule is Cc1cc(C#N)cc2c1cc(Cc1c(Cl)ccc(C(=O)N3CCN(C)C(C)C3)c1Cl)n2C. The third kappa shape index (κ3) is 3.99. The summed E-state index contributed by atoms with van der Waals surface area (Å²) in [5.41, 5.74) is 4.91. The number of likely N-dealkylation sites (N-methyl/N-ethyl adjacent to an activating group) is 1. The van der Waals surface area contributed by atoms with Gasteiger partial charge in [-0.05, 0) is 62.4 Å². The van der Waals surface area contributed by atoms with Gasteiger partial charge in [-0.2, -0.15) is 5.26 Å². The molecule has 3 aromatic rings. The molecule has 0 bridgehead atoms. The Labute approximate surface area is 198 Å². The number of piperazine rings is 1. The first kappa shape index (κ1) is 22.7. The van der Waals surface area contributed by atoms with Gasteiger partial charge in [-0.25, -0.2) is 0 Å². The molecule has 2 heterocycles. The fraction of sp³-hybridized carbons (Fsp3) is 0.360. The zero-order valence-electron chi connectivity index (χ0n) is 18.7. The van der Waals surface area contributed by atoms with E-state index in [2.05, 4.69) is 35.6 Å². The lowest BCUT2D eigenvalue weighted by Gasteiger charge is -2.37. The number of carbonyl (C=O) groups excluding carboxylic acids is 1. The molecule has 1 atom stereocenters. The van der Waals surface area contributed by atoms with Gasteiger partial charge >= 0.3 is 0 Å². The van der Waals surface area contributed by atoms with Crippen LogP contribution in [-0.4, -0.2) is 53.0 Å². The molecule has 1 aliphatic heterocycles. The van der Waals surface area contributed by atoms with Gasteiger partial charge in [0.25, 0.3) is 5.91 Å². The van der Waals surface area contributed by atoms with E-state index in [0.717, 1.165) is 34.3 Å². The Kier molecular flexibility index (Phi) is 6.22. The number of aromatic nitrogens is 1. The van der Waals surface area contributed by atoms with E-state index in [4.69, 9.17) is 23.2 Å². The van der Waals surface area contributed by atoms with Crippen molar-refractivity contribution in [2.24, 2.45) is 7.05 Å². The highest BCUT2D eigenvalue weighted by Gasteiger charge is 2.27. The molecule has 1 unspecified atom stereocenters. The predicted octanol–water partition coefficient (Wildman–Crippen LogP) is 5.03. The topological polar surface area (TPSA) is 52.3 Å². The number of rotatable bonds is 3. The lowest BCUT2D eigenvalue weighted by atomic mass is 10.0. The van der Waals surface area contributed by atoms with Gasteiger partial charge in [-0.3, -0.25) is 4.79 Å². The van der Waals surface area contributed by atoms with E-state index < -0.39 is 0 Å². The molecule has 32 heavy (non-hydrogen) atoms. The lowest BCUT2D eigenvalue weighted by molar-refractivity contribution is 0.0572. The number of aryl methyl sites for hydroxylation is 2. The summed E-state index contributed by atoms with van der Waals surface area (Å²) in [5.74, 6) is -0.0561. The van der Waals surface area contributed by atoms with Crippen molar-refractivity contribution in [1.82, 2.24) is 14.4 Å². The molecule has 0 saturated carbocycles. The second-order valence-corrected chi connectivity index (χ2v) is 9.46. The Morgan fingerprint density at radius 3 is 2.62 bits per heavy atom. The number of hydrogen-bond donors (Lipinski definition) is 0. The van der Waals surface area contributed by atoms with Crippen LogP contribution >= 0.6 is 23.2 Å². The van der Waals surface area contributed by atoms with Gasteiger partial charge in [0.05, 0.1) is 22.2 Å². The molecular weight excluding hydrogens is 443 g/mol. The monoisotopic (exact) mass is 468 g/mol. The highest BCUT2D eigenvalue weighted by molar-refractivity contribution is 6.38. The minimum Gasteiger partial charge on any atom is -0.347 e. The van der Waals surface area contributed by atoms with E-state index in [1.54, 1.807) is 12.1 Å². The quantitative estimate of drug-likeness (QED) is 0.541. The standard InChI is InChI=1S/C25H26Cl2N4O/c1-15-9-17(13-28)10-23-20(15)11-18(30(23)4)12-21-22(26)6-5-19(24(21)27)25(32)31-8-7-29(3)16(2)14-31/h5-6,9-11,16H,7-8,12,14H2,1-4H3. The molecule has 2 aromatic carbocycles. The summed E-state index contributed by atoms with van der Waals surface area (Å²) < 4.78 is 2.06. The minimum atomic E-state index is -0.0561. The Hall–Kier alpha value is -2.52. The van der Waals surface area contributed by atoms with E-state index in [0.29, 0.717) is 46.7 Å². The molecule has 1 amide bonds. The summed E-state index contributed by atoms with van der Waals surface area (Å²) in [5, 5.41) is 11.4. The van der Waals surface area contributed by atoms with Gasteiger partial charge in [-0.15, -0.1) is 0 Å². The number of nitrogens with zero attached hydrogens (tertiary/aromatic N) is 4. The molecule has 0 N–H and O–H groups in total. The molecule has 166 valence electrons. The van der Waals surface area contributed by atoms with Crippen LogP contribution < -0.4 is 0 Å². The Morgan fingerprint density at radius 2 is 1.94 bits per heavy atom. The van der Waals surface area contributed by atoms with Gasteiger partial charge in [0.15, 0.2) is 0 Å². The molecule has 1 aliphatic rings. The zero-order valence-corrected chi connectivity index (χ0v) is 20.3. The number of carbonyl (C=O) groups is 1. The van der Waals surface area contributed by atoms with Gasteiger partial charge in [-0.1, -0.05) is 23.2 Å². The van der Waals surface area contributed by atoms with Crippen molar-refractivity contribution < 1.29 is 4.79 Å². The van der Waals surface area contributed by atoms with Crippen molar-refractivity contribution in [1.29, 1.82) is 5.26 Å². The van der Waals surface area contributed by atoms with Gasteiger partial charge in [0.2, 0.25) is 0 Å². The van der Waals surface area contributed by atoms with Crippen LogP contribution in [0, 0.1) is 18.3 Å². The van der Waals surface area contributed by atoms with Gasteiger partial charge < -0.3 is 14.4 Å². The maximum absolute atomic E-state index is 13.3. The highest BCUT2D eigenvalue weighted by Crippen LogP contribution is 2.33. The van der Waals surface area contributed by atoms with Crippen molar-refractivity contribution in [3.8, 4) is 6.07 Å². The number of hydrogen-bond acceptors (Lipinski definition) is 3. The van der Waals surface area contributed by atoms with E-state index in [9.17, 15) is 10.1 Å². The maximum Gasteiger partial charge on any atom is 0.255 e. The zero-order chi connectivity index (χ0) is 23.2. The fourth-order valence-corrected chi connectivity index (χ4v) is 4.99. The largest absolute Gasteiger partial charge is 0.347 e. The van der Waals surface area contributed by atoms with Crippen LogP contribution in [0.2, 0.25) is 10.0 Å². The van der Waals surface area contributed by atoms with Crippen LogP contribution in [0.25, 0.3) is 10.9 Å². The highest BCUT2D eigenvalue weighted by atomic mass is 35.5. The third-order valence-electron chi connectivity index (χ3n) is 6.62. The first-order valence-corrected chi connectivity index (χ1v) is 11.4. The predicted molar refractivity (Wildman–Crippen MR) is 130 cm³/mol. The van der Waals surface area contributed by atoms with Crippen molar-refractivity contribution >= 4 is 40.0 Å². The summed E-state index contributed by atoms with van der Waals surface area (Å²) in [4.78, 5) is 17.4. The lowest BCUT2D eigenvalue weighted by Crippen LogP contribution is -2.52. The Bertz CT molecular complexity index is 1260. The summed E-state index contributed by atoms with van der Waals surface area (Å²) in [6, 6.07) is 11.9.